The third kappa shape index (κ3) is 6.62. The monoisotopic (exact) mass is 858 g/mol. The summed E-state index contributed by atoms with van der Waals surface area (Å²) in [4.78, 5) is 15.7. The van der Waals surface area contributed by atoms with Crippen LogP contribution in [0.1, 0.15) is 52.7 Å². The Morgan fingerprint density at radius 3 is 1.52 bits per heavy atom. The standard InChI is InChI=1S/C59H46N4OS/c1-58(2,3)40-31-39(32-41(34-40)59(4,5)6)57-61-55(60-56(62-57)37-23-26-42(27-24-37)63-47-16-10-7-13-43(47)44-14-8-11-17-48(44)63)36-21-19-35(20-22-36)38-25-28-49-46(33-38)53-50(64-49)29-30-52-54(53)45-15-9-12-18-51(45)65-52/h7-34H,1-6H3. The highest BCUT2D eigenvalue weighted by atomic mass is 32.1. The Balaban J connectivity index is 0.976. The molecule has 0 atom stereocenters. The van der Waals surface area contributed by atoms with Crippen LogP contribution in [-0.2, 0) is 10.8 Å². The first kappa shape index (κ1) is 39.2. The van der Waals surface area contributed by atoms with Crippen LogP contribution in [0, 0.1) is 0 Å². The zero-order valence-corrected chi connectivity index (χ0v) is 38.1. The molecular weight excluding hydrogens is 813 g/mol. The number of fused-ring (bicyclic) bond motifs is 10. The van der Waals surface area contributed by atoms with Crippen molar-refractivity contribution in [2.24, 2.45) is 0 Å². The number of rotatable bonds is 5. The van der Waals surface area contributed by atoms with Gasteiger partial charge in [-0.1, -0.05) is 133 Å². The van der Waals surface area contributed by atoms with Crippen LogP contribution >= 0.6 is 11.3 Å². The number of para-hydroxylation sites is 2. The van der Waals surface area contributed by atoms with E-state index in [1.807, 2.05) is 11.3 Å². The van der Waals surface area contributed by atoms with Crippen LogP contribution in [0.4, 0.5) is 0 Å². The lowest BCUT2D eigenvalue weighted by atomic mass is 9.79. The molecule has 0 saturated heterocycles. The van der Waals surface area contributed by atoms with E-state index in [-0.39, 0.29) is 10.8 Å². The summed E-state index contributed by atoms with van der Waals surface area (Å²) in [6.45, 7) is 13.6. The van der Waals surface area contributed by atoms with Crippen molar-refractivity contribution in [3.05, 3.63) is 181 Å². The lowest BCUT2D eigenvalue weighted by molar-refractivity contribution is 0.569. The number of furan rings is 1. The summed E-state index contributed by atoms with van der Waals surface area (Å²) in [5.74, 6) is 1.91. The van der Waals surface area contributed by atoms with Gasteiger partial charge in [0.15, 0.2) is 17.5 Å². The van der Waals surface area contributed by atoms with Crippen LogP contribution in [0.25, 0.3) is 115 Å². The fourth-order valence-electron chi connectivity index (χ4n) is 9.42. The van der Waals surface area contributed by atoms with Gasteiger partial charge in [-0.3, -0.25) is 0 Å². The normalized spacial score (nSPS) is 12.5. The summed E-state index contributed by atoms with van der Waals surface area (Å²) in [6, 6.07) is 60.8. The van der Waals surface area contributed by atoms with Crippen LogP contribution in [-0.4, -0.2) is 19.5 Å². The van der Waals surface area contributed by atoms with Gasteiger partial charge in [0.2, 0.25) is 0 Å². The molecule has 0 bridgehead atoms. The number of hydrogen-bond donors (Lipinski definition) is 0. The zero-order chi connectivity index (χ0) is 44.2. The predicted octanol–water partition coefficient (Wildman–Crippen LogP) is 16.5. The fraction of sp³-hybridized carbons (Fsp3) is 0.136. The number of thiophene rings is 1. The molecule has 8 aromatic carbocycles. The summed E-state index contributed by atoms with van der Waals surface area (Å²) in [6.07, 6.45) is 0. The molecule has 0 aliphatic carbocycles. The lowest BCUT2D eigenvalue weighted by Gasteiger charge is -2.26. The molecule has 0 unspecified atom stereocenters. The molecule has 0 radical (unpaired) electrons. The second kappa shape index (κ2) is 14.6. The van der Waals surface area contributed by atoms with Crippen molar-refractivity contribution >= 4 is 75.3 Å². The van der Waals surface area contributed by atoms with Crippen molar-refractivity contribution < 1.29 is 4.42 Å². The first-order chi connectivity index (χ1) is 31.4. The van der Waals surface area contributed by atoms with E-state index in [0.717, 1.165) is 50.1 Å². The van der Waals surface area contributed by atoms with Gasteiger partial charge in [-0.15, -0.1) is 11.3 Å². The van der Waals surface area contributed by atoms with E-state index in [1.54, 1.807) is 0 Å². The van der Waals surface area contributed by atoms with Gasteiger partial charge in [0.25, 0.3) is 0 Å². The van der Waals surface area contributed by atoms with E-state index >= 15 is 0 Å². The van der Waals surface area contributed by atoms with Crippen molar-refractivity contribution in [2.75, 3.05) is 0 Å². The maximum absolute atomic E-state index is 6.43. The number of benzene rings is 8. The van der Waals surface area contributed by atoms with Gasteiger partial charge < -0.3 is 8.98 Å². The quantitative estimate of drug-likeness (QED) is 0.173. The van der Waals surface area contributed by atoms with Crippen LogP contribution < -0.4 is 0 Å². The molecule has 65 heavy (non-hydrogen) atoms. The maximum atomic E-state index is 6.43. The van der Waals surface area contributed by atoms with Gasteiger partial charge >= 0.3 is 0 Å². The molecule has 5 nitrogen and oxygen atoms in total. The van der Waals surface area contributed by atoms with Gasteiger partial charge in [-0.05, 0) is 112 Å². The summed E-state index contributed by atoms with van der Waals surface area (Å²) in [5, 5.41) is 7.30. The minimum absolute atomic E-state index is 0.0670. The van der Waals surface area contributed by atoms with Crippen LogP contribution in [0.3, 0.4) is 0 Å². The molecule has 0 spiro atoms. The van der Waals surface area contributed by atoms with E-state index < -0.39 is 0 Å². The van der Waals surface area contributed by atoms with E-state index in [9.17, 15) is 0 Å². The Morgan fingerprint density at radius 1 is 0.400 bits per heavy atom. The van der Waals surface area contributed by atoms with Crippen molar-refractivity contribution in [3.63, 3.8) is 0 Å². The second-order valence-electron chi connectivity index (χ2n) is 19.3. The van der Waals surface area contributed by atoms with Crippen LogP contribution in [0.15, 0.2) is 174 Å². The Morgan fingerprint density at radius 2 is 0.908 bits per heavy atom. The molecule has 0 amide bonds. The van der Waals surface area contributed by atoms with Gasteiger partial charge in [0.05, 0.1) is 11.0 Å². The van der Waals surface area contributed by atoms with Crippen LogP contribution in [0.2, 0.25) is 0 Å². The summed E-state index contributed by atoms with van der Waals surface area (Å²) in [7, 11) is 0. The Kier molecular flexibility index (Phi) is 8.78. The number of aromatic nitrogens is 4. The van der Waals surface area contributed by atoms with E-state index in [2.05, 4.69) is 216 Å². The number of nitrogens with zero attached hydrogens (tertiary/aromatic N) is 4. The topological polar surface area (TPSA) is 56.7 Å². The zero-order valence-electron chi connectivity index (χ0n) is 37.3. The minimum Gasteiger partial charge on any atom is -0.456 e. The van der Waals surface area contributed by atoms with Gasteiger partial charge in [0.1, 0.15) is 11.2 Å². The molecule has 12 aromatic rings. The van der Waals surface area contributed by atoms with Crippen molar-refractivity contribution in [1.82, 2.24) is 19.5 Å². The molecule has 4 aromatic heterocycles. The molecule has 0 fully saturated rings. The highest BCUT2D eigenvalue weighted by Gasteiger charge is 2.23. The Labute approximate surface area is 381 Å². The smallest absolute Gasteiger partial charge is 0.164 e. The maximum Gasteiger partial charge on any atom is 0.164 e. The van der Waals surface area contributed by atoms with E-state index in [0.29, 0.717) is 17.5 Å². The van der Waals surface area contributed by atoms with Gasteiger partial charge in [-0.2, -0.15) is 0 Å². The molecule has 0 saturated carbocycles. The highest BCUT2D eigenvalue weighted by molar-refractivity contribution is 7.26. The van der Waals surface area contributed by atoms with Crippen molar-refractivity contribution in [1.29, 1.82) is 0 Å². The Hall–Kier alpha value is -7.41. The molecule has 6 heteroatoms. The van der Waals surface area contributed by atoms with E-state index in [4.69, 9.17) is 19.4 Å². The highest BCUT2D eigenvalue weighted by Crippen LogP contribution is 2.44. The third-order valence-electron chi connectivity index (χ3n) is 13.0. The molecule has 0 N–H and O–H groups in total. The fourth-order valence-corrected chi connectivity index (χ4v) is 10.5. The number of hydrogen-bond acceptors (Lipinski definition) is 5. The van der Waals surface area contributed by atoms with Crippen LogP contribution in [0.5, 0.6) is 0 Å². The summed E-state index contributed by atoms with van der Waals surface area (Å²) < 4.78 is 11.3. The molecule has 0 aliphatic rings. The second-order valence-corrected chi connectivity index (χ2v) is 20.4. The van der Waals surface area contributed by atoms with Gasteiger partial charge in [-0.25, -0.2) is 15.0 Å². The predicted molar refractivity (Wildman–Crippen MR) is 273 cm³/mol. The average molecular weight is 859 g/mol. The average Bonchev–Trinajstić information content (AvgIpc) is 4.00. The minimum atomic E-state index is -0.0670. The summed E-state index contributed by atoms with van der Waals surface area (Å²) >= 11 is 1.83. The van der Waals surface area contributed by atoms with Gasteiger partial charge in [0, 0.05) is 64.1 Å². The van der Waals surface area contributed by atoms with Crippen molar-refractivity contribution in [2.45, 2.75) is 52.4 Å². The third-order valence-corrected chi connectivity index (χ3v) is 14.1. The van der Waals surface area contributed by atoms with Crippen molar-refractivity contribution in [3.8, 4) is 51.0 Å². The molecule has 314 valence electrons. The molecule has 0 aliphatic heterocycles. The molecular formula is C59H46N4OS. The Bertz CT molecular complexity index is 3750. The first-order valence-electron chi connectivity index (χ1n) is 22.3. The summed E-state index contributed by atoms with van der Waals surface area (Å²) in [5.41, 5.74) is 12.7. The van der Waals surface area contributed by atoms with E-state index in [1.165, 1.54) is 58.5 Å². The first-order valence-corrected chi connectivity index (χ1v) is 23.2. The molecule has 4 heterocycles. The SMILES string of the molecule is CC(C)(C)c1cc(-c2nc(-c3ccc(-c4ccc5oc6ccc7sc8ccccc8c7c6c5c4)cc3)nc(-c3ccc(-n4c5ccccc5c5ccccc54)cc3)n2)cc(C(C)(C)C)c1. The largest absolute Gasteiger partial charge is 0.456 e. The molecule has 12 rings (SSSR count). The lowest BCUT2D eigenvalue weighted by Crippen LogP contribution is -2.16.